The van der Waals surface area contributed by atoms with E-state index in [1.807, 2.05) is 0 Å². The molecular formula is C19H16Cl4N2O3. The number of ether oxygens (including phenoxy) is 2. The van der Waals surface area contributed by atoms with E-state index in [0.717, 1.165) is 11.1 Å². The molecule has 148 valence electrons. The number of hydrogen-bond donors (Lipinski definition) is 2. The number of anilines is 2. The van der Waals surface area contributed by atoms with Gasteiger partial charge in [0.15, 0.2) is 5.78 Å². The van der Waals surface area contributed by atoms with Crippen LogP contribution in [0.1, 0.15) is 11.1 Å². The van der Waals surface area contributed by atoms with Gasteiger partial charge in [-0.25, -0.2) is 0 Å². The Kier molecular flexibility index (Phi) is 7.49. The summed E-state index contributed by atoms with van der Waals surface area (Å²) in [4.78, 5) is 13.2. The van der Waals surface area contributed by atoms with Gasteiger partial charge in [0.25, 0.3) is 0 Å². The van der Waals surface area contributed by atoms with Gasteiger partial charge in [-0.15, -0.1) is 0 Å². The third-order valence-electron chi connectivity index (χ3n) is 3.90. The van der Waals surface area contributed by atoms with Crippen LogP contribution in [0.4, 0.5) is 11.4 Å². The van der Waals surface area contributed by atoms with Gasteiger partial charge >= 0.3 is 0 Å². The van der Waals surface area contributed by atoms with Gasteiger partial charge in [-0.3, -0.25) is 4.79 Å². The summed E-state index contributed by atoms with van der Waals surface area (Å²) in [6.07, 6.45) is 0. The van der Waals surface area contributed by atoms with Crippen molar-refractivity contribution in [1.29, 1.82) is 0 Å². The number of carbonyl (C=O) groups excluding carboxylic acids is 1. The molecule has 28 heavy (non-hydrogen) atoms. The minimum absolute atomic E-state index is 0.128. The summed E-state index contributed by atoms with van der Waals surface area (Å²) in [5, 5.41) is 0.465. The molecule has 0 heterocycles. The highest BCUT2D eigenvalue weighted by atomic mass is 35.5. The van der Waals surface area contributed by atoms with E-state index in [1.165, 1.54) is 26.4 Å². The Balaban J connectivity index is 2.56. The highest BCUT2D eigenvalue weighted by Crippen LogP contribution is 2.38. The van der Waals surface area contributed by atoms with Gasteiger partial charge in [-0.1, -0.05) is 46.4 Å². The number of benzene rings is 2. The Morgan fingerprint density at radius 2 is 1.18 bits per heavy atom. The fourth-order valence-electron chi connectivity index (χ4n) is 2.48. The van der Waals surface area contributed by atoms with Crippen LogP contribution in [-0.2, 0) is 4.79 Å². The van der Waals surface area contributed by atoms with E-state index in [2.05, 4.69) is 0 Å². The maximum Gasteiger partial charge on any atom is 0.196 e. The Morgan fingerprint density at radius 1 is 0.821 bits per heavy atom. The first-order valence-corrected chi connectivity index (χ1v) is 9.34. The van der Waals surface area contributed by atoms with Crippen molar-refractivity contribution in [1.82, 2.24) is 0 Å². The lowest BCUT2D eigenvalue weighted by molar-refractivity contribution is -0.108. The molecule has 0 atom stereocenters. The van der Waals surface area contributed by atoms with Crippen molar-refractivity contribution >= 4 is 74.7 Å². The second-order valence-electron chi connectivity index (χ2n) is 5.54. The first kappa shape index (κ1) is 22.2. The van der Waals surface area contributed by atoms with Gasteiger partial charge in [0, 0.05) is 22.2 Å². The van der Waals surface area contributed by atoms with E-state index in [-0.39, 0.29) is 32.6 Å². The first-order chi connectivity index (χ1) is 13.3. The van der Waals surface area contributed by atoms with Crippen molar-refractivity contribution in [2.75, 3.05) is 25.7 Å². The van der Waals surface area contributed by atoms with Crippen molar-refractivity contribution in [3.8, 4) is 11.5 Å². The fraction of sp³-hybridized carbons (Fsp3) is 0.105. The van der Waals surface area contributed by atoms with Crippen molar-refractivity contribution in [2.24, 2.45) is 0 Å². The summed E-state index contributed by atoms with van der Waals surface area (Å²) in [5.41, 5.74) is 15.6. The summed E-state index contributed by atoms with van der Waals surface area (Å²) in [7, 11) is 2.87. The van der Waals surface area contributed by atoms with E-state index in [9.17, 15) is 4.79 Å². The summed E-state index contributed by atoms with van der Waals surface area (Å²) in [5.74, 6) is 0.126. The maximum absolute atomic E-state index is 13.2. The van der Waals surface area contributed by atoms with E-state index < -0.39 is 5.78 Å². The average Bonchev–Trinajstić information content (AvgIpc) is 2.68. The van der Waals surface area contributed by atoms with Crippen molar-refractivity contribution in [3.05, 3.63) is 56.5 Å². The zero-order valence-corrected chi connectivity index (χ0v) is 17.9. The molecule has 0 fully saturated rings. The minimum Gasteiger partial charge on any atom is -0.495 e. The van der Waals surface area contributed by atoms with Crippen LogP contribution in [0.25, 0.3) is 11.1 Å². The first-order valence-electron chi connectivity index (χ1n) is 7.71. The fourth-order valence-corrected chi connectivity index (χ4v) is 3.30. The van der Waals surface area contributed by atoms with E-state index in [1.54, 1.807) is 12.1 Å². The summed E-state index contributed by atoms with van der Waals surface area (Å²) in [6.45, 7) is 0. The smallest absolute Gasteiger partial charge is 0.196 e. The number of allylic oxidation sites excluding steroid dienone is 2. The monoisotopic (exact) mass is 460 g/mol. The molecular weight excluding hydrogens is 446 g/mol. The lowest BCUT2D eigenvalue weighted by Crippen LogP contribution is -2.07. The minimum atomic E-state index is -0.474. The molecule has 0 radical (unpaired) electrons. The molecule has 0 unspecified atom stereocenters. The van der Waals surface area contributed by atoms with Crippen LogP contribution in [-0.4, -0.2) is 20.0 Å². The molecule has 2 aromatic carbocycles. The highest BCUT2D eigenvalue weighted by molar-refractivity contribution is 6.50. The molecule has 2 aromatic rings. The zero-order chi connectivity index (χ0) is 21.0. The second-order valence-corrected chi connectivity index (χ2v) is 6.73. The summed E-state index contributed by atoms with van der Waals surface area (Å²) < 4.78 is 10.4. The molecule has 4 N–H and O–H groups in total. The second kappa shape index (κ2) is 9.43. The highest BCUT2D eigenvalue weighted by Gasteiger charge is 2.22. The van der Waals surface area contributed by atoms with Gasteiger partial charge in [-0.05, 0) is 35.4 Å². The Morgan fingerprint density at radius 3 is 1.46 bits per heavy atom. The number of hydrogen-bond acceptors (Lipinski definition) is 5. The van der Waals surface area contributed by atoms with Crippen LogP contribution in [0.3, 0.4) is 0 Å². The van der Waals surface area contributed by atoms with Gasteiger partial charge in [0.05, 0.1) is 25.6 Å². The van der Waals surface area contributed by atoms with Crippen molar-refractivity contribution in [3.63, 3.8) is 0 Å². The molecule has 0 saturated carbocycles. The van der Waals surface area contributed by atoms with Gasteiger partial charge in [0.1, 0.15) is 21.5 Å². The predicted octanol–water partition coefficient (Wildman–Crippen LogP) is 5.60. The molecule has 0 aliphatic rings. The number of carbonyl (C=O) groups is 1. The normalized spacial score (nSPS) is 12.1. The van der Waals surface area contributed by atoms with Crippen LogP contribution >= 0.6 is 46.4 Å². The number of methoxy groups -OCH3 is 2. The van der Waals surface area contributed by atoms with E-state index in [0.29, 0.717) is 22.6 Å². The molecule has 0 amide bonds. The van der Waals surface area contributed by atoms with Crippen molar-refractivity contribution < 1.29 is 14.3 Å². The number of halogens is 4. The number of nitrogen functional groups attached to an aromatic ring is 2. The molecule has 5 nitrogen and oxygen atoms in total. The van der Waals surface area contributed by atoms with Gasteiger partial charge < -0.3 is 20.9 Å². The van der Waals surface area contributed by atoms with Crippen LogP contribution in [0, 0.1) is 0 Å². The third kappa shape index (κ3) is 4.33. The molecule has 2 rings (SSSR count). The SMILES string of the molecule is COc1cc(C(=CCl)C(=O)C(=CCl)c2cc(N)c(Cl)c(OC)c2)cc(N)c1Cl. The zero-order valence-electron chi connectivity index (χ0n) is 14.9. The van der Waals surface area contributed by atoms with E-state index >= 15 is 0 Å². The molecule has 0 aliphatic carbocycles. The number of rotatable bonds is 6. The summed E-state index contributed by atoms with van der Waals surface area (Å²) in [6, 6.07) is 6.13. The van der Waals surface area contributed by atoms with Gasteiger partial charge in [0.2, 0.25) is 0 Å². The van der Waals surface area contributed by atoms with Crippen LogP contribution in [0.2, 0.25) is 10.0 Å². The maximum atomic E-state index is 13.2. The molecule has 0 spiro atoms. The topological polar surface area (TPSA) is 87.6 Å². The third-order valence-corrected chi connectivity index (χ3v) is 5.15. The Bertz CT molecular complexity index is 910. The Labute approximate surface area is 182 Å². The predicted molar refractivity (Wildman–Crippen MR) is 117 cm³/mol. The van der Waals surface area contributed by atoms with Gasteiger partial charge in [-0.2, -0.15) is 0 Å². The summed E-state index contributed by atoms with van der Waals surface area (Å²) >= 11 is 24.1. The molecule has 0 aromatic heterocycles. The molecule has 0 saturated heterocycles. The van der Waals surface area contributed by atoms with Crippen LogP contribution < -0.4 is 20.9 Å². The average molecular weight is 462 g/mol. The Hall–Kier alpha value is -2.05. The van der Waals surface area contributed by atoms with E-state index in [4.69, 9.17) is 67.3 Å². The quantitative estimate of drug-likeness (QED) is 0.431. The lowest BCUT2D eigenvalue weighted by atomic mass is 9.93. The standard InChI is InChI=1S/C19H16Cl4N2O3/c1-27-15-5-9(3-13(24)17(15)22)11(7-20)19(26)12(8-21)10-4-14(25)18(23)16(6-10)28-2/h3-8H,24-25H2,1-2H3. The molecule has 9 heteroatoms. The number of Topliss-reactive ketones (excluding diaryl/α,β-unsaturated/α-hetero) is 1. The lowest BCUT2D eigenvalue weighted by Gasteiger charge is -2.14. The number of ketones is 1. The molecule has 0 aliphatic heterocycles. The molecule has 0 bridgehead atoms. The largest absolute Gasteiger partial charge is 0.495 e. The number of nitrogens with two attached hydrogens (primary N) is 2. The van der Waals surface area contributed by atoms with Crippen molar-refractivity contribution in [2.45, 2.75) is 0 Å². The van der Waals surface area contributed by atoms with Crippen LogP contribution in [0.5, 0.6) is 11.5 Å². The van der Waals surface area contributed by atoms with Crippen LogP contribution in [0.15, 0.2) is 35.3 Å².